The predicted molar refractivity (Wildman–Crippen MR) is 150 cm³/mol. The molecule has 0 atom stereocenters. The van der Waals surface area contributed by atoms with E-state index in [0.717, 1.165) is 67.3 Å². The SMILES string of the molecule is C=C(c1ccc(OC)cc1)c1cc(C(=C)c2ccc(OC)cc2)cc(C(=C)c2ccc(OC)cc2)c1. The number of methoxy groups -OCH3 is 3. The first kappa shape index (κ1) is 24.6. The van der Waals surface area contributed by atoms with Crippen molar-refractivity contribution in [3.8, 4) is 17.2 Å². The Kier molecular flexibility index (Phi) is 7.41. The van der Waals surface area contributed by atoms with Crippen molar-refractivity contribution in [3.05, 3.63) is 144 Å². The van der Waals surface area contributed by atoms with Crippen LogP contribution >= 0.6 is 0 Å². The Labute approximate surface area is 213 Å². The molecule has 4 aromatic carbocycles. The second-order valence-electron chi connectivity index (χ2n) is 8.42. The largest absolute Gasteiger partial charge is 0.497 e. The van der Waals surface area contributed by atoms with Crippen molar-refractivity contribution in [1.82, 2.24) is 0 Å². The Morgan fingerprint density at radius 2 is 0.611 bits per heavy atom. The molecule has 0 spiro atoms. The first-order valence-corrected chi connectivity index (χ1v) is 11.6. The molecular formula is C33H30O3. The van der Waals surface area contributed by atoms with Gasteiger partial charge in [-0.1, -0.05) is 56.1 Å². The minimum Gasteiger partial charge on any atom is -0.497 e. The molecule has 0 aliphatic heterocycles. The van der Waals surface area contributed by atoms with Crippen LogP contribution in [-0.2, 0) is 0 Å². The third-order valence-electron chi connectivity index (χ3n) is 6.29. The van der Waals surface area contributed by atoms with Gasteiger partial charge in [-0.25, -0.2) is 0 Å². The van der Waals surface area contributed by atoms with Gasteiger partial charge in [0.15, 0.2) is 0 Å². The topological polar surface area (TPSA) is 27.7 Å². The van der Waals surface area contributed by atoms with E-state index >= 15 is 0 Å². The molecule has 0 saturated carbocycles. The molecule has 0 saturated heterocycles. The van der Waals surface area contributed by atoms with Crippen LogP contribution < -0.4 is 14.2 Å². The van der Waals surface area contributed by atoms with Crippen LogP contribution in [0.3, 0.4) is 0 Å². The quantitative estimate of drug-likeness (QED) is 0.247. The molecule has 0 radical (unpaired) electrons. The Bertz CT molecular complexity index is 1210. The highest BCUT2D eigenvalue weighted by molar-refractivity contribution is 5.88. The van der Waals surface area contributed by atoms with Gasteiger partial charge in [0.25, 0.3) is 0 Å². The number of benzene rings is 4. The molecule has 36 heavy (non-hydrogen) atoms. The highest BCUT2D eigenvalue weighted by Gasteiger charge is 2.13. The van der Waals surface area contributed by atoms with Crippen LogP contribution in [0.1, 0.15) is 33.4 Å². The molecule has 0 aromatic heterocycles. The van der Waals surface area contributed by atoms with Gasteiger partial charge in [-0.2, -0.15) is 0 Å². The summed E-state index contributed by atoms with van der Waals surface area (Å²) >= 11 is 0. The van der Waals surface area contributed by atoms with Crippen LogP contribution in [-0.4, -0.2) is 21.3 Å². The van der Waals surface area contributed by atoms with Crippen molar-refractivity contribution in [3.63, 3.8) is 0 Å². The lowest BCUT2D eigenvalue weighted by Crippen LogP contribution is -1.96. The van der Waals surface area contributed by atoms with Crippen molar-refractivity contribution >= 4 is 16.7 Å². The molecule has 4 aromatic rings. The summed E-state index contributed by atoms with van der Waals surface area (Å²) in [4.78, 5) is 0. The highest BCUT2D eigenvalue weighted by Crippen LogP contribution is 2.33. The molecule has 0 amide bonds. The first-order valence-electron chi connectivity index (χ1n) is 11.6. The zero-order valence-electron chi connectivity index (χ0n) is 21.0. The lowest BCUT2D eigenvalue weighted by Gasteiger charge is -2.16. The van der Waals surface area contributed by atoms with E-state index in [9.17, 15) is 0 Å². The van der Waals surface area contributed by atoms with E-state index < -0.39 is 0 Å². The number of hydrogen-bond donors (Lipinski definition) is 0. The molecule has 180 valence electrons. The number of ether oxygens (including phenoxy) is 3. The summed E-state index contributed by atoms with van der Waals surface area (Å²) in [5.74, 6) is 2.42. The molecular weight excluding hydrogens is 444 g/mol. The van der Waals surface area contributed by atoms with E-state index in [1.54, 1.807) is 21.3 Å². The van der Waals surface area contributed by atoms with E-state index in [4.69, 9.17) is 14.2 Å². The molecule has 0 aliphatic carbocycles. The van der Waals surface area contributed by atoms with Crippen molar-refractivity contribution in [2.24, 2.45) is 0 Å². The van der Waals surface area contributed by atoms with Crippen molar-refractivity contribution < 1.29 is 14.2 Å². The molecule has 0 N–H and O–H groups in total. The second-order valence-corrected chi connectivity index (χ2v) is 8.42. The minimum absolute atomic E-state index is 0.807. The summed E-state index contributed by atoms with van der Waals surface area (Å²) in [6.07, 6.45) is 0. The van der Waals surface area contributed by atoms with Crippen molar-refractivity contribution in [1.29, 1.82) is 0 Å². The summed E-state index contributed by atoms with van der Waals surface area (Å²) in [5, 5.41) is 0. The second kappa shape index (κ2) is 10.8. The molecule has 0 aliphatic rings. The Morgan fingerprint density at radius 3 is 0.806 bits per heavy atom. The van der Waals surface area contributed by atoms with Gasteiger partial charge in [0, 0.05) is 0 Å². The maximum atomic E-state index is 5.32. The average Bonchev–Trinajstić information content (AvgIpc) is 2.95. The molecule has 3 heteroatoms. The first-order chi connectivity index (χ1) is 17.4. The van der Waals surface area contributed by atoms with Gasteiger partial charge in [-0.3, -0.25) is 0 Å². The molecule has 0 fully saturated rings. The van der Waals surface area contributed by atoms with Gasteiger partial charge in [0.1, 0.15) is 17.2 Å². The highest BCUT2D eigenvalue weighted by atomic mass is 16.5. The van der Waals surface area contributed by atoms with Crippen LogP contribution in [0.15, 0.2) is 111 Å². The Hall–Kier alpha value is -4.50. The monoisotopic (exact) mass is 474 g/mol. The molecule has 0 bridgehead atoms. The van der Waals surface area contributed by atoms with Crippen LogP contribution in [0.4, 0.5) is 0 Å². The van der Waals surface area contributed by atoms with E-state index in [-0.39, 0.29) is 0 Å². The summed E-state index contributed by atoms with van der Waals surface area (Å²) < 4.78 is 15.9. The maximum Gasteiger partial charge on any atom is 0.118 e. The van der Waals surface area contributed by atoms with Gasteiger partial charge in [0.2, 0.25) is 0 Å². The molecule has 4 rings (SSSR count). The van der Waals surface area contributed by atoms with Gasteiger partial charge in [-0.05, 0) is 105 Å². The van der Waals surface area contributed by atoms with E-state index in [2.05, 4.69) is 37.9 Å². The fraction of sp³-hybridized carbons (Fsp3) is 0.0909. The van der Waals surface area contributed by atoms with Gasteiger partial charge in [0.05, 0.1) is 21.3 Å². The smallest absolute Gasteiger partial charge is 0.118 e. The minimum atomic E-state index is 0.807. The Balaban J connectivity index is 1.78. The molecule has 0 unspecified atom stereocenters. The van der Waals surface area contributed by atoms with Crippen LogP contribution in [0.25, 0.3) is 16.7 Å². The van der Waals surface area contributed by atoms with Crippen molar-refractivity contribution in [2.45, 2.75) is 0 Å². The lowest BCUT2D eigenvalue weighted by atomic mass is 9.88. The zero-order valence-corrected chi connectivity index (χ0v) is 21.0. The summed E-state index contributed by atoms with van der Waals surface area (Å²) in [7, 11) is 4.99. The van der Waals surface area contributed by atoms with Crippen LogP contribution in [0.2, 0.25) is 0 Å². The normalized spacial score (nSPS) is 10.4. The van der Waals surface area contributed by atoms with Gasteiger partial charge < -0.3 is 14.2 Å². The van der Waals surface area contributed by atoms with Gasteiger partial charge >= 0.3 is 0 Å². The Morgan fingerprint density at radius 1 is 0.389 bits per heavy atom. The molecule has 0 heterocycles. The van der Waals surface area contributed by atoms with E-state index in [0.29, 0.717) is 0 Å². The maximum absolute atomic E-state index is 5.32. The zero-order chi connectivity index (χ0) is 25.7. The lowest BCUT2D eigenvalue weighted by molar-refractivity contribution is 0.414. The third-order valence-corrected chi connectivity index (χ3v) is 6.29. The van der Waals surface area contributed by atoms with Crippen LogP contribution in [0, 0.1) is 0 Å². The number of hydrogen-bond acceptors (Lipinski definition) is 3. The van der Waals surface area contributed by atoms with E-state index in [1.807, 2.05) is 72.8 Å². The summed E-state index contributed by atoms with van der Waals surface area (Å²) in [6, 6.07) is 30.1. The number of rotatable bonds is 9. The predicted octanol–water partition coefficient (Wildman–Crippen LogP) is 7.90. The van der Waals surface area contributed by atoms with Crippen molar-refractivity contribution in [2.75, 3.05) is 21.3 Å². The standard InChI is InChI=1S/C33H30O3/c1-22(25-7-13-31(34-4)14-8-25)28-19-29(23(2)26-9-15-32(35-5)16-10-26)21-30(20-28)24(3)27-11-17-33(36-6)18-12-27/h7-21H,1-3H2,4-6H3. The summed E-state index contributed by atoms with van der Waals surface area (Å²) in [5.41, 5.74) is 8.77. The van der Waals surface area contributed by atoms with Gasteiger partial charge in [-0.15, -0.1) is 0 Å². The third kappa shape index (κ3) is 5.26. The fourth-order valence-electron chi connectivity index (χ4n) is 4.03. The fourth-order valence-corrected chi connectivity index (χ4v) is 4.03. The average molecular weight is 475 g/mol. The van der Waals surface area contributed by atoms with Crippen LogP contribution in [0.5, 0.6) is 17.2 Å². The molecule has 3 nitrogen and oxygen atoms in total. The summed E-state index contributed by atoms with van der Waals surface area (Å²) in [6.45, 7) is 13.2. The van der Waals surface area contributed by atoms with E-state index in [1.165, 1.54) is 0 Å².